The predicted octanol–water partition coefficient (Wildman–Crippen LogP) is 4.54. The summed E-state index contributed by atoms with van der Waals surface area (Å²) in [6.07, 6.45) is 4.24. The van der Waals surface area contributed by atoms with Gasteiger partial charge in [-0.05, 0) is 51.2 Å². The SMILES string of the molecule is COc1cc(N(C)CCN(C)C)c(NC=O)cc1Nc1ncc(Cl)c(-n2c(C3CC3)nc3cc(C#N)ccc32)n1. The van der Waals surface area contributed by atoms with Gasteiger partial charge >= 0.3 is 0 Å². The molecule has 1 amide bonds. The minimum absolute atomic E-state index is 0.292. The molecule has 0 unspecified atom stereocenters. The van der Waals surface area contributed by atoms with Gasteiger partial charge < -0.3 is 25.2 Å². The molecule has 206 valence electrons. The lowest BCUT2D eigenvalue weighted by Crippen LogP contribution is -2.29. The first-order valence-electron chi connectivity index (χ1n) is 12.8. The summed E-state index contributed by atoms with van der Waals surface area (Å²) >= 11 is 6.64. The monoisotopic (exact) mass is 559 g/mol. The molecule has 1 aliphatic rings. The highest BCUT2D eigenvalue weighted by Gasteiger charge is 2.31. The van der Waals surface area contributed by atoms with Gasteiger partial charge in [-0.15, -0.1) is 0 Å². The summed E-state index contributed by atoms with van der Waals surface area (Å²) in [7, 11) is 7.56. The molecule has 1 aliphatic carbocycles. The zero-order valence-corrected chi connectivity index (χ0v) is 23.5. The van der Waals surface area contributed by atoms with Crippen LogP contribution < -0.4 is 20.3 Å². The lowest BCUT2D eigenvalue weighted by Gasteiger charge is -2.25. The van der Waals surface area contributed by atoms with Crippen molar-refractivity contribution in [2.75, 3.05) is 56.9 Å². The molecule has 2 aromatic heterocycles. The van der Waals surface area contributed by atoms with Gasteiger partial charge in [0.25, 0.3) is 0 Å². The van der Waals surface area contributed by atoms with Crippen LogP contribution in [0.25, 0.3) is 16.9 Å². The minimum atomic E-state index is 0.292. The topological polar surface area (TPSA) is 124 Å². The highest BCUT2D eigenvalue weighted by atomic mass is 35.5. The third-order valence-corrected chi connectivity index (χ3v) is 7.03. The number of carbonyl (C=O) groups excluding carboxylic acids is 1. The van der Waals surface area contributed by atoms with Crippen molar-refractivity contribution in [3.05, 3.63) is 52.9 Å². The zero-order valence-electron chi connectivity index (χ0n) is 22.8. The molecule has 0 aliphatic heterocycles. The first-order valence-corrected chi connectivity index (χ1v) is 13.2. The van der Waals surface area contributed by atoms with Gasteiger partial charge in [-0.25, -0.2) is 9.97 Å². The lowest BCUT2D eigenvalue weighted by molar-refractivity contribution is -0.105. The van der Waals surface area contributed by atoms with Crippen LogP contribution in [0.1, 0.15) is 30.1 Å². The number of rotatable bonds is 11. The Bertz CT molecular complexity index is 1610. The molecule has 12 heteroatoms. The molecule has 0 radical (unpaired) electrons. The van der Waals surface area contributed by atoms with Gasteiger partial charge in [-0.3, -0.25) is 9.36 Å². The van der Waals surface area contributed by atoms with Gasteiger partial charge in [0.2, 0.25) is 12.4 Å². The summed E-state index contributed by atoms with van der Waals surface area (Å²) < 4.78 is 7.64. The Hall–Kier alpha value is -4.40. The number of halogens is 1. The fourth-order valence-electron chi connectivity index (χ4n) is 4.50. The van der Waals surface area contributed by atoms with E-state index in [1.54, 1.807) is 31.5 Å². The molecule has 11 nitrogen and oxygen atoms in total. The molecule has 0 saturated heterocycles. The molecule has 40 heavy (non-hydrogen) atoms. The second-order valence-electron chi connectivity index (χ2n) is 9.94. The molecule has 4 aromatic rings. The van der Waals surface area contributed by atoms with Gasteiger partial charge in [0.1, 0.15) is 16.6 Å². The average Bonchev–Trinajstić information content (AvgIpc) is 3.73. The zero-order chi connectivity index (χ0) is 28.4. The molecular formula is C28H30ClN9O2. The van der Waals surface area contributed by atoms with E-state index in [9.17, 15) is 10.1 Å². The maximum absolute atomic E-state index is 11.4. The summed E-state index contributed by atoms with van der Waals surface area (Å²) in [6, 6.07) is 11.2. The second kappa shape index (κ2) is 11.4. The van der Waals surface area contributed by atoms with Crippen molar-refractivity contribution in [3.63, 3.8) is 0 Å². The van der Waals surface area contributed by atoms with Crippen LogP contribution in [0.4, 0.5) is 23.0 Å². The van der Waals surface area contributed by atoms with Crippen molar-refractivity contribution in [2.24, 2.45) is 0 Å². The van der Waals surface area contributed by atoms with Gasteiger partial charge in [0, 0.05) is 32.1 Å². The highest BCUT2D eigenvalue weighted by Crippen LogP contribution is 2.43. The number of amides is 1. The van der Waals surface area contributed by atoms with Crippen molar-refractivity contribution in [1.82, 2.24) is 24.4 Å². The Balaban J connectivity index is 1.54. The molecular weight excluding hydrogens is 530 g/mol. The van der Waals surface area contributed by atoms with Gasteiger partial charge in [0.05, 0.1) is 53.0 Å². The molecule has 1 saturated carbocycles. The maximum Gasteiger partial charge on any atom is 0.229 e. The Morgan fingerprint density at radius 3 is 2.65 bits per heavy atom. The fraction of sp³-hybridized carbons (Fsp3) is 0.321. The van der Waals surface area contributed by atoms with Crippen molar-refractivity contribution in [1.29, 1.82) is 5.26 Å². The number of ether oxygens (including phenoxy) is 1. The predicted molar refractivity (Wildman–Crippen MR) is 156 cm³/mol. The number of imidazole rings is 1. The smallest absolute Gasteiger partial charge is 0.229 e. The van der Waals surface area contributed by atoms with E-state index in [2.05, 4.69) is 31.5 Å². The van der Waals surface area contributed by atoms with Crippen LogP contribution in [-0.4, -0.2) is 72.2 Å². The Kier molecular flexibility index (Phi) is 7.73. The number of hydrogen-bond acceptors (Lipinski definition) is 9. The number of fused-ring (bicyclic) bond motifs is 1. The molecule has 0 bridgehead atoms. The number of aromatic nitrogens is 4. The summed E-state index contributed by atoms with van der Waals surface area (Å²) in [4.78, 5) is 29.6. The van der Waals surface area contributed by atoms with Crippen LogP contribution in [0.2, 0.25) is 5.02 Å². The van der Waals surface area contributed by atoms with Gasteiger partial charge in [-0.2, -0.15) is 10.2 Å². The van der Waals surface area contributed by atoms with Crippen LogP contribution in [0.15, 0.2) is 36.5 Å². The first-order chi connectivity index (χ1) is 19.3. The van der Waals surface area contributed by atoms with E-state index in [0.29, 0.717) is 57.3 Å². The summed E-state index contributed by atoms with van der Waals surface area (Å²) in [5, 5.41) is 15.7. The number of likely N-dealkylation sites (N-methyl/N-ethyl adjacent to an activating group) is 2. The largest absolute Gasteiger partial charge is 0.494 e. The fourth-order valence-corrected chi connectivity index (χ4v) is 4.68. The molecule has 2 aromatic carbocycles. The third kappa shape index (κ3) is 5.50. The van der Waals surface area contributed by atoms with Crippen molar-refractivity contribution < 1.29 is 9.53 Å². The molecule has 1 fully saturated rings. The lowest BCUT2D eigenvalue weighted by atomic mass is 10.2. The Labute approximate surface area is 237 Å². The summed E-state index contributed by atoms with van der Waals surface area (Å²) in [6.45, 7) is 1.59. The molecule has 0 spiro atoms. The van der Waals surface area contributed by atoms with E-state index in [0.717, 1.165) is 43.0 Å². The Morgan fingerprint density at radius 2 is 1.98 bits per heavy atom. The van der Waals surface area contributed by atoms with E-state index in [1.807, 2.05) is 37.8 Å². The number of nitrogens with one attached hydrogen (secondary N) is 2. The number of carbonyl (C=O) groups is 1. The number of nitrogens with zero attached hydrogens (tertiary/aromatic N) is 7. The number of benzene rings is 2. The van der Waals surface area contributed by atoms with Crippen LogP contribution >= 0.6 is 11.6 Å². The molecule has 2 N–H and O–H groups in total. The minimum Gasteiger partial charge on any atom is -0.494 e. The number of methoxy groups -OCH3 is 1. The third-order valence-electron chi connectivity index (χ3n) is 6.76. The van der Waals surface area contributed by atoms with Crippen LogP contribution in [0.5, 0.6) is 5.75 Å². The van der Waals surface area contributed by atoms with E-state index in [4.69, 9.17) is 26.3 Å². The Morgan fingerprint density at radius 1 is 1.18 bits per heavy atom. The highest BCUT2D eigenvalue weighted by molar-refractivity contribution is 6.32. The number of hydrogen-bond donors (Lipinski definition) is 2. The van der Waals surface area contributed by atoms with Gasteiger partial charge in [-0.1, -0.05) is 11.6 Å². The van der Waals surface area contributed by atoms with E-state index >= 15 is 0 Å². The number of anilines is 4. The number of nitriles is 1. The summed E-state index contributed by atoms with van der Waals surface area (Å²) in [5.41, 5.74) is 4.06. The van der Waals surface area contributed by atoms with Crippen LogP contribution in [0.3, 0.4) is 0 Å². The maximum atomic E-state index is 11.4. The first kappa shape index (κ1) is 27.2. The molecule has 2 heterocycles. The van der Waals surface area contributed by atoms with Crippen LogP contribution in [-0.2, 0) is 4.79 Å². The van der Waals surface area contributed by atoms with Crippen molar-refractivity contribution in [3.8, 4) is 17.6 Å². The second-order valence-corrected chi connectivity index (χ2v) is 10.3. The van der Waals surface area contributed by atoms with E-state index in [-0.39, 0.29) is 0 Å². The normalized spacial score (nSPS) is 12.8. The summed E-state index contributed by atoms with van der Waals surface area (Å²) in [5.74, 6) is 2.49. The van der Waals surface area contributed by atoms with Crippen molar-refractivity contribution in [2.45, 2.75) is 18.8 Å². The van der Waals surface area contributed by atoms with Gasteiger partial charge in [0.15, 0.2) is 5.82 Å². The van der Waals surface area contributed by atoms with Crippen LogP contribution in [0, 0.1) is 11.3 Å². The van der Waals surface area contributed by atoms with E-state index in [1.165, 1.54) is 0 Å². The average molecular weight is 560 g/mol. The molecule has 0 atom stereocenters. The molecule has 5 rings (SSSR count). The quantitative estimate of drug-likeness (QED) is 0.255. The standard InChI is InChI=1S/C28H30ClN9O2/c1-36(2)9-10-37(3)24-13-25(40-4)22(12-20(24)32-16-39)34-28-31-15-19(29)27(35-28)38-23-8-5-17(14-30)11-21(23)33-26(38)18-6-7-18/h5,8,11-13,15-16,18H,6-7,9-10H2,1-4H3,(H,32,39)(H,31,34,35). The van der Waals surface area contributed by atoms with E-state index < -0.39 is 0 Å². The van der Waals surface area contributed by atoms with Crippen molar-refractivity contribution >= 4 is 52.1 Å².